The van der Waals surface area contributed by atoms with Gasteiger partial charge in [0.05, 0.1) is 7.11 Å². The zero-order valence-corrected chi connectivity index (χ0v) is 16.0. The molecule has 1 aliphatic rings. The minimum atomic E-state index is -0.0202. The molecule has 1 aliphatic carbocycles. The van der Waals surface area contributed by atoms with Gasteiger partial charge in [0.25, 0.3) is 0 Å². The monoisotopic (exact) mass is 360 g/mol. The molecule has 4 nitrogen and oxygen atoms in total. The summed E-state index contributed by atoms with van der Waals surface area (Å²) in [6.45, 7) is 5.04. The van der Waals surface area contributed by atoms with E-state index in [-0.39, 0.29) is 17.1 Å². The molecule has 0 spiro atoms. The fourth-order valence-electron chi connectivity index (χ4n) is 4.13. The fourth-order valence-corrected chi connectivity index (χ4v) is 4.13. The molecule has 0 aliphatic heterocycles. The van der Waals surface area contributed by atoms with E-state index < -0.39 is 0 Å². The van der Waals surface area contributed by atoms with Crippen LogP contribution in [0, 0.1) is 10.8 Å². The lowest BCUT2D eigenvalue weighted by Gasteiger charge is -2.30. The molecular formula is C23H24N2O2. The van der Waals surface area contributed by atoms with Gasteiger partial charge in [-0.3, -0.25) is 10.2 Å². The van der Waals surface area contributed by atoms with E-state index in [1.807, 2.05) is 36.4 Å². The number of hydrogen-bond acceptors (Lipinski definition) is 3. The standard InChI is InChI=1S/C23H24N2O2/c1-23(2)12-19-21(20(26)13-23)17-6-4-5-7-18(17)25(19)14-15-8-10-16(11-9-15)22(24)27-3/h4-11,24H,12-14H2,1-3H3. The number of benzene rings is 2. The molecule has 0 saturated heterocycles. The second kappa shape index (κ2) is 6.38. The molecule has 0 radical (unpaired) electrons. The number of fused-ring (bicyclic) bond motifs is 3. The van der Waals surface area contributed by atoms with Gasteiger partial charge in [0, 0.05) is 40.7 Å². The average Bonchev–Trinajstić information content (AvgIpc) is 2.94. The zero-order valence-electron chi connectivity index (χ0n) is 16.0. The van der Waals surface area contributed by atoms with Crippen molar-refractivity contribution in [2.75, 3.05) is 7.11 Å². The summed E-state index contributed by atoms with van der Waals surface area (Å²) in [6, 6.07) is 16.1. The normalized spacial score (nSPS) is 15.6. The number of ketones is 1. The first-order valence-corrected chi connectivity index (χ1v) is 9.25. The highest BCUT2D eigenvalue weighted by atomic mass is 16.5. The Balaban J connectivity index is 1.80. The van der Waals surface area contributed by atoms with Gasteiger partial charge >= 0.3 is 0 Å². The summed E-state index contributed by atoms with van der Waals surface area (Å²) < 4.78 is 7.28. The lowest BCUT2D eigenvalue weighted by molar-refractivity contribution is 0.0912. The van der Waals surface area contributed by atoms with Crippen LogP contribution in [0.1, 0.15) is 47.4 Å². The maximum absolute atomic E-state index is 12.9. The van der Waals surface area contributed by atoms with Gasteiger partial charge < -0.3 is 9.30 Å². The number of aromatic nitrogens is 1. The summed E-state index contributed by atoms with van der Waals surface area (Å²) in [5, 5.41) is 8.84. The van der Waals surface area contributed by atoms with Crippen LogP contribution in [0.25, 0.3) is 10.9 Å². The lowest BCUT2D eigenvalue weighted by atomic mass is 9.75. The maximum Gasteiger partial charge on any atom is 0.212 e. The third-order valence-electron chi connectivity index (χ3n) is 5.40. The molecule has 138 valence electrons. The summed E-state index contributed by atoms with van der Waals surface area (Å²) >= 11 is 0. The van der Waals surface area contributed by atoms with Crippen LogP contribution in [0.2, 0.25) is 0 Å². The number of para-hydroxylation sites is 1. The highest BCUT2D eigenvalue weighted by Crippen LogP contribution is 2.40. The van der Waals surface area contributed by atoms with Crippen LogP contribution in [-0.4, -0.2) is 23.4 Å². The topological polar surface area (TPSA) is 55.1 Å². The van der Waals surface area contributed by atoms with Crippen molar-refractivity contribution in [2.45, 2.75) is 33.2 Å². The van der Waals surface area contributed by atoms with Crippen molar-refractivity contribution in [3.63, 3.8) is 0 Å². The smallest absolute Gasteiger partial charge is 0.212 e. The van der Waals surface area contributed by atoms with E-state index >= 15 is 0 Å². The number of carbonyl (C=O) groups is 1. The average molecular weight is 360 g/mol. The molecule has 0 amide bonds. The first-order valence-electron chi connectivity index (χ1n) is 9.25. The fraction of sp³-hybridized carbons (Fsp3) is 0.304. The van der Waals surface area contributed by atoms with Gasteiger partial charge in [-0.25, -0.2) is 0 Å². The van der Waals surface area contributed by atoms with Crippen molar-refractivity contribution in [3.05, 3.63) is 70.9 Å². The molecule has 1 heterocycles. The first kappa shape index (κ1) is 17.5. The van der Waals surface area contributed by atoms with Gasteiger partial charge in [0.15, 0.2) is 5.78 Å². The van der Waals surface area contributed by atoms with E-state index in [0.717, 1.165) is 39.7 Å². The van der Waals surface area contributed by atoms with Gasteiger partial charge in [0.1, 0.15) is 0 Å². The molecule has 0 unspecified atom stereocenters. The molecule has 2 aromatic carbocycles. The van der Waals surface area contributed by atoms with E-state index in [0.29, 0.717) is 13.0 Å². The summed E-state index contributed by atoms with van der Waals surface area (Å²) in [6.07, 6.45) is 1.50. The van der Waals surface area contributed by atoms with E-state index in [4.69, 9.17) is 10.1 Å². The minimum absolute atomic E-state index is 0.0202. The second-order valence-corrected chi connectivity index (χ2v) is 8.10. The Hall–Kier alpha value is -2.88. The van der Waals surface area contributed by atoms with Crippen molar-refractivity contribution >= 4 is 22.6 Å². The van der Waals surface area contributed by atoms with Crippen LogP contribution in [0.3, 0.4) is 0 Å². The number of hydrogen-bond donors (Lipinski definition) is 1. The molecule has 3 aromatic rings. The Morgan fingerprint density at radius 2 is 1.81 bits per heavy atom. The van der Waals surface area contributed by atoms with E-state index in [9.17, 15) is 4.79 Å². The van der Waals surface area contributed by atoms with Gasteiger partial charge in [-0.1, -0.05) is 44.2 Å². The Morgan fingerprint density at radius 3 is 2.52 bits per heavy atom. The molecule has 27 heavy (non-hydrogen) atoms. The number of methoxy groups -OCH3 is 1. The first-order chi connectivity index (χ1) is 12.9. The zero-order chi connectivity index (χ0) is 19.2. The van der Waals surface area contributed by atoms with Gasteiger partial charge in [-0.2, -0.15) is 0 Å². The molecule has 0 fully saturated rings. The van der Waals surface area contributed by atoms with Crippen LogP contribution in [0.5, 0.6) is 0 Å². The molecule has 0 atom stereocenters. The van der Waals surface area contributed by atoms with E-state index in [1.54, 1.807) is 0 Å². The van der Waals surface area contributed by atoms with Crippen molar-refractivity contribution in [1.29, 1.82) is 5.41 Å². The van der Waals surface area contributed by atoms with Crippen LogP contribution in [0.15, 0.2) is 48.5 Å². The molecule has 4 rings (SSSR count). The molecule has 1 aromatic heterocycles. The highest BCUT2D eigenvalue weighted by Gasteiger charge is 2.35. The second-order valence-electron chi connectivity index (χ2n) is 8.10. The van der Waals surface area contributed by atoms with Gasteiger partial charge in [-0.15, -0.1) is 0 Å². The van der Waals surface area contributed by atoms with E-state index in [2.05, 4.69) is 30.5 Å². The summed E-state index contributed by atoms with van der Waals surface area (Å²) in [5.41, 5.74) is 5.04. The molecule has 4 heteroatoms. The van der Waals surface area contributed by atoms with Gasteiger partial charge in [0.2, 0.25) is 5.90 Å². The number of nitrogens with one attached hydrogen (secondary N) is 1. The van der Waals surface area contributed by atoms with Crippen LogP contribution in [0.4, 0.5) is 0 Å². The Morgan fingerprint density at radius 1 is 1.11 bits per heavy atom. The summed E-state index contributed by atoms with van der Waals surface area (Å²) in [4.78, 5) is 12.9. The molecule has 0 saturated carbocycles. The third kappa shape index (κ3) is 3.05. The largest absolute Gasteiger partial charge is 0.481 e. The number of rotatable bonds is 3. The highest BCUT2D eigenvalue weighted by molar-refractivity contribution is 6.10. The predicted octanol–water partition coefficient (Wildman–Crippen LogP) is 4.82. The Labute approximate surface area is 159 Å². The minimum Gasteiger partial charge on any atom is -0.481 e. The lowest BCUT2D eigenvalue weighted by Crippen LogP contribution is -2.28. The Bertz CT molecular complexity index is 1040. The summed E-state index contributed by atoms with van der Waals surface area (Å²) in [7, 11) is 1.51. The van der Waals surface area contributed by atoms with Crippen LogP contribution in [-0.2, 0) is 17.7 Å². The quantitative estimate of drug-likeness (QED) is 0.538. The van der Waals surface area contributed by atoms with Crippen molar-refractivity contribution in [2.24, 2.45) is 5.41 Å². The van der Waals surface area contributed by atoms with Crippen molar-refractivity contribution in [1.82, 2.24) is 4.57 Å². The number of Topliss-reactive ketones (excluding diaryl/α,β-unsaturated/α-hetero) is 1. The summed E-state index contributed by atoms with van der Waals surface area (Å²) in [5.74, 6) is 0.415. The van der Waals surface area contributed by atoms with E-state index in [1.165, 1.54) is 7.11 Å². The van der Waals surface area contributed by atoms with Gasteiger partial charge in [-0.05, 0) is 35.6 Å². The molecule has 0 bridgehead atoms. The van der Waals surface area contributed by atoms with Crippen molar-refractivity contribution < 1.29 is 9.53 Å². The SMILES string of the molecule is COC(=N)c1ccc(Cn2c3c(c4ccccc42)C(=O)CC(C)(C)C3)cc1. The third-order valence-corrected chi connectivity index (χ3v) is 5.40. The van der Waals surface area contributed by atoms with Crippen LogP contribution < -0.4 is 0 Å². The van der Waals surface area contributed by atoms with Crippen LogP contribution >= 0.6 is 0 Å². The molecular weight excluding hydrogens is 336 g/mol. The molecule has 1 N–H and O–H groups in total. The number of nitrogens with zero attached hydrogens (tertiary/aromatic N) is 1. The van der Waals surface area contributed by atoms with Crippen molar-refractivity contribution in [3.8, 4) is 0 Å². The maximum atomic E-state index is 12.9. The number of carbonyl (C=O) groups excluding carboxylic acids is 1. The Kier molecular flexibility index (Phi) is 4.14. The predicted molar refractivity (Wildman–Crippen MR) is 108 cm³/mol. The number of ether oxygens (including phenoxy) is 1.